The molecule has 0 aliphatic heterocycles. The van der Waals surface area contributed by atoms with E-state index in [0.717, 1.165) is 22.6 Å². The van der Waals surface area contributed by atoms with Crippen LogP contribution in [0.25, 0.3) is 0 Å². The number of pyridine rings is 1. The Morgan fingerprint density at radius 1 is 1.25 bits per heavy atom. The van der Waals surface area contributed by atoms with E-state index < -0.39 is 15.9 Å². The highest BCUT2D eigenvalue weighted by Crippen LogP contribution is 2.62. The molecular weight excluding hydrogens is 348 g/mol. The van der Waals surface area contributed by atoms with Crippen LogP contribution in [0, 0.1) is 11.8 Å². The van der Waals surface area contributed by atoms with Crippen LogP contribution in [-0.2, 0) is 27.0 Å². The number of hydrogen-bond donors (Lipinski definition) is 1. The maximum Gasteiger partial charge on any atom is 0.240 e. The monoisotopic (exact) mass is 362 g/mol. The van der Waals surface area contributed by atoms with E-state index in [1.165, 1.54) is 6.20 Å². The molecule has 2 aromatic rings. The number of amides is 1. The van der Waals surface area contributed by atoms with E-state index in [1.807, 2.05) is 18.2 Å². The molecule has 2 aliphatic rings. The van der Waals surface area contributed by atoms with Gasteiger partial charge in [0.15, 0.2) is 0 Å². The topological polar surface area (TPSA) is 76.1 Å². The molecule has 24 heavy (non-hydrogen) atoms. The summed E-state index contributed by atoms with van der Waals surface area (Å²) in [6.45, 7) is 0. The fourth-order valence-corrected chi connectivity index (χ4v) is 5.02. The van der Waals surface area contributed by atoms with Crippen LogP contribution >= 0.6 is 11.6 Å². The number of nitrogens with zero attached hydrogens (tertiary/aromatic N) is 1. The van der Waals surface area contributed by atoms with Crippen molar-refractivity contribution in [3.8, 4) is 0 Å². The van der Waals surface area contributed by atoms with Gasteiger partial charge in [0.1, 0.15) is 5.75 Å². The van der Waals surface area contributed by atoms with Gasteiger partial charge in [-0.05, 0) is 41.7 Å². The number of fused-ring (bicyclic) bond motifs is 3. The quantitative estimate of drug-likeness (QED) is 0.905. The van der Waals surface area contributed by atoms with Crippen LogP contribution in [0.15, 0.2) is 42.6 Å². The predicted molar refractivity (Wildman–Crippen MR) is 89.9 cm³/mol. The maximum atomic E-state index is 12.4. The second-order valence-electron chi connectivity index (χ2n) is 6.27. The number of rotatable bonds is 4. The van der Waals surface area contributed by atoms with Gasteiger partial charge in [0.2, 0.25) is 15.9 Å². The van der Waals surface area contributed by atoms with Crippen LogP contribution in [-0.4, -0.2) is 19.3 Å². The van der Waals surface area contributed by atoms with E-state index in [-0.39, 0.29) is 23.5 Å². The van der Waals surface area contributed by atoms with Gasteiger partial charge in [-0.1, -0.05) is 29.8 Å². The average Bonchev–Trinajstić information content (AvgIpc) is 3.12. The number of nitrogens with one attached hydrogen (secondary N) is 1. The fraction of sp³-hybridized carbons (Fsp3) is 0.294. The first kappa shape index (κ1) is 15.6. The number of carbonyl (C=O) groups is 1. The molecule has 0 saturated heterocycles. The molecule has 3 unspecified atom stereocenters. The van der Waals surface area contributed by atoms with Crippen molar-refractivity contribution in [2.75, 3.05) is 0 Å². The molecule has 1 heterocycles. The van der Waals surface area contributed by atoms with Crippen molar-refractivity contribution in [2.24, 2.45) is 11.8 Å². The van der Waals surface area contributed by atoms with Gasteiger partial charge in [0.05, 0.1) is 5.69 Å². The first-order valence-electron chi connectivity index (χ1n) is 7.68. The van der Waals surface area contributed by atoms with Crippen molar-refractivity contribution >= 4 is 27.5 Å². The third-order valence-electron chi connectivity index (χ3n) is 4.75. The zero-order valence-corrected chi connectivity index (χ0v) is 14.2. The smallest absolute Gasteiger partial charge is 0.240 e. The molecular formula is C17H15ClN2O3S. The Labute approximate surface area is 145 Å². The zero-order chi connectivity index (χ0) is 16.9. The lowest BCUT2D eigenvalue weighted by molar-refractivity contribution is -0.121. The summed E-state index contributed by atoms with van der Waals surface area (Å²) in [7, 11) is -3.74. The molecule has 1 fully saturated rings. The summed E-state index contributed by atoms with van der Waals surface area (Å²) in [6.07, 6.45) is 2.26. The predicted octanol–water partition coefficient (Wildman–Crippen LogP) is 2.27. The molecule has 1 amide bonds. The molecule has 0 spiro atoms. The number of benzene rings is 1. The van der Waals surface area contributed by atoms with Crippen LogP contribution < -0.4 is 4.72 Å². The lowest BCUT2D eigenvalue weighted by Crippen LogP contribution is -2.34. The number of aromatic nitrogens is 1. The number of hydrogen-bond acceptors (Lipinski definition) is 4. The van der Waals surface area contributed by atoms with Crippen molar-refractivity contribution in [3.63, 3.8) is 0 Å². The average molecular weight is 363 g/mol. The van der Waals surface area contributed by atoms with Gasteiger partial charge in [-0.15, -0.1) is 0 Å². The van der Waals surface area contributed by atoms with Crippen molar-refractivity contribution in [3.05, 3.63) is 64.4 Å². The van der Waals surface area contributed by atoms with E-state index in [9.17, 15) is 13.2 Å². The van der Waals surface area contributed by atoms with Gasteiger partial charge in [0, 0.05) is 23.1 Å². The molecule has 1 aromatic carbocycles. The Hall–Kier alpha value is -1.92. The highest BCUT2D eigenvalue weighted by atomic mass is 35.5. The number of halogens is 1. The SMILES string of the molecule is O=C(NS(=O)(=O)Cc1ccccn1)C1C2Cc3c(Cl)cccc3C21. The molecule has 1 saturated carbocycles. The molecule has 0 bridgehead atoms. The standard InChI is InChI=1S/C17H15ClN2O3S/c18-14-6-3-5-11-12(14)8-13-15(11)16(13)17(21)20-24(22,23)9-10-4-1-2-7-19-10/h1-7,13,15-16H,8-9H2,(H,20,21). The van der Waals surface area contributed by atoms with Crippen molar-refractivity contribution in [1.82, 2.24) is 9.71 Å². The van der Waals surface area contributed by atoms with Crippen LogP contribution in [0.4, 0.5) is 0 Å². The minimum Gasteiger partial charge on any atom is -0.274 e. The summed E-state index contributed by atoms with van der Waals surface area (Å²) < 4.78 is 26.5. The summed E-state index contributed by atoms with van der Waals surface area (Å²) in [5.41, 5.74) is 2.58. The minimum atomic E-state index is -3.74. The van der Waals surface area contributed by atoms with E-state index in [4.69, 9.17) is 11.6 Å². The Bertz CT molecular complexity index is 915. The first-order chi connectivity index (χ1) is 11.5. The minimum absolute atomic E-state index is 0.0868. The molecule has 0 radical (unpaired) electrons. The Kier molecular flexibility index (Phi) is 3.62. The van der Waals surface area contributed by atoms with E-state index >= 15 is 0 Å². The molecule has 2 aliphatic carbocycles. The molecule has 1 aromatic heterocycles. The molecule has 7 heteroatoms. The van der Waals surface area contributed by atoms with Gasteiger partial charge in [-0.3, -0.25) is 14.5 Å². The van der Waals surface area contributed by atoms with Crippen LogP contribution in [0.3, 0.4) is 0 Å². The summed E-state index contributed by atoms with van der Waals surface area (Å²) in [6, 6.07) is 10.7. The second kappa shape index (κ2) is 5.57. The van der Waals surface area contributed by atoms with E-state index in [2.05, 4.69) is 9.71 Å². The van der Waals surface area contributed by atoms with Gasteiger partial charge in [-0.2, -0.15) is 0 Å². The lowest BCUT2D eigenvalue weighted by atomic mass is 10.0. The molecule has 4 rings (SSSR count). The Morgan fingerprint density at radius 2 is 2.08 bits per heavy atom. The number of sulfonamides is 1. The zero-order valence-electron chi connectivity index (χ0n) is 12.6. The maximum absolute atomic E-state index is 12.4. The largest absolute Gasteiger partial charge is 0.274 e. The molecule has 3 atom stereocenters. The molecule has 1 N–H and O–H groups in total. The van der Waals surface area contributed by atoms with Gasteiger partial charge in [0.25, 0.3) is 0 Å². The highest BCUT2D eigenvalue weighted by Gasteiger charge is 2.60. The van der Waals surface area contributed by atoms with E-state index in [0.29, 0.717) is 5.69 Å². The van der Waals surface area contributed by atoms with Crippen LogP contribution in [0.2, 0.25) is 5.02 Å². The second-order valence-corrected chi connectivity index (χ2v) is 8.40. The summed E-state index contributed by atoms with van der Waals surface area (Å²) in [5, 5.41) is 0.724. The number of carbonyl (C=O) groups excluding carboxylic acids is 1. The third-order valence-corrected chi connectivity index (χ3v) is 6.29. The fourth-order valence-electron chi connectivity index (χ4n) is 3.68. The van der Waals surface area contributed by atoms with Crippen LogP contribution in [0.1, 0.15) is 22.7 Å². The lowest BCUT2D eigenvalue weighted by Gasteiger charge is -2.10. The normalized spacial score (nSPS) is 24.1. The van der Waals surface area contributed by atoms with Gasteiger partial charge >= 0.3 is 0 Å². The first-order valence-corrected chi connectivity index (χ1v) is 9.71. The third kappa shape index (κ3) is 2.70. The molecule has 5 nitrogen and oxygen atoms in total. The Balaban J connectivity index is 1.45. The summed E-state index contributed by atoms with van der Waals surface area (Å²) >= 11 is 6.18. The van der Waals surface area contributed by atoms with Crippen LogP contribution in [0.5, 0.6) is 0 Å². The van der Waals surface area contributed by atoms with Crippen molar-refractivity contribution in [1.29, 1.82) is 0 Å². The molecule has 124 valence electrons. The summed E-state index contributed by atoms with van der Waals surface area (Å²) in [5.74, 6) is -0.765. The van der Waals surface area contributed by atoms with Crippen molar-refractivity contribution < 1.29 is 13.2 Å². The van der Waals surface area contributed by atoms with Gasteiger partial charge in [-0.25, -0.2) is 8.42 Å². The van der Waals surface area contributed by atoms with Crippen molar-refractivity contribution in [2.45, 2.75) is 18.1 Å². The Morgan fingerprint density at radius 3 is 2.83 bits per heavy atom. The van der Waals surface area contributed by atoms with Gasteiger partial charge < -0.3 is 0 Å². The van der Waals surface area contributed by atoms with E-state index in [1.54, 1.807) is 18.2 Å². The summed E-state index contributed by atoms with van der Waals surface area (Å²) in [4.78, 5) is 16.4. The highest BCUT2D eigenvalue weighted by molar-refractivity contribution is 7.89.